The molecule has 0 fully saturated rings. The third-order valence-corrected chi connectivity index (χ3v) is 4.89. The van der Waals surface area contributed by atoms with Gasteiger partial charge < -0.3 is 15.5 Å². The van der Waals surface area contributed by atoms with Crippen LogP contribution in [-0.2, 0) is 6.42 Å². The number of methoxy groups -OCH3 is 1. The van der Waals surface area contributed by atoms with Gasteiger partial charge in [0.05, 0.1) is 28.4 Å². The average molecular weight is 364 g/mol. The van der Waals surface area contributed by atoms with Crippen LogP contribution in [0.4, 0.5) is 0 Å². The lowest BCUT2D eigenvalue weighted by atomic mass is 10.0. The molecule has 3 aromatic rings. The Labute approximate surface area is 150 Å². The van der Waals surface area contributed by atoms with Crippen LogP contribution in [0.2, 0.25) is 10.0 Å². The van der Waals surface area contributed by atoms with E-state index >= 15 is 0 Å². The molecule has 0 aliphatic rings. The summed E-state index contributed by atoms with van der Waals surface area (Å²) in [6.45, 7) is 0.689. The van der Waals surface area contributed by atoms with Crippen molar-refractivity contribution in [1.29, 1.82) is 0 Å². The molecular formula is C18H19Cl2N3O. The highest BCUT2D eigenvalue weighted by Gasteiger charge is 2.16. The Bertz CT molecular complexity index is 844. The largest absolute Gasteiger partial charge is 0.481 e. The van der Waals surface area contributed by atoms with Gasteiger partial charge in [0.15, 0.2) is 0 Å². The van der Waals surface area contributed by atoms with Gasteiger partial charge >= 0.3 is 0 Å². The lowest BCUT2D eigenvalue weighted by Crippen LogP contribution is -1.99. The highest BCUT2D eigenvalue weighted by atomic mass is 35.5. The maximum atomic E-state index is 6.39. The minimum Gasteiger partial charge on any atom is -0.481 e. The number of aromatic amines is 1. The van der Waals surface area contributed by atoms with Crippen LogP contribution in [0.25, 0.3) is 22.2 Å². The molecule has 0 saturated carbocycles. The van der Waals surface area contributed by atoms with Crippen LogP contribution >= 0.6 is 23.2 Å². The molecule has 0 saturated heterocycles. The Kier molecular flexibility index (Phi) is 5.29. The number of ether oxygens (including phenoxy) is 1. The zero-order valence-corrected chi connectivity index (χ0v) is 14.9. The molecule has 0 amide bonds. The minimum absolute atomic E-state index is 0.540. The standard InChI is InChI=1S/C18H19Cl2N3O/c1-24-15-8-5-11(10-22-15)17-12(4-2-3-9-21)13-6-7-14(19)16(20)18(13)23-17/h5-8,10,23H,2-4,9,21H2,1H3. The van der Waals surface area contributed by atoms with Crippen molar-refractivity contribution in [3.8, 4) is 17.1 Å². The number of unbranched alkanes of at least 4 members (excludes halogenated alkanes) is 1. The van der Waals surface area contributed by atoms with Gasteiger partial charge in [-0.15, -0.1) is 0 Å². The van der Waals surface area contributed by atoms with E-state index in [9.17, 15) is 0 Å². The summed E-state index contributed by atoms with van der Waals surface area (Å²) in [7, 11) is 1.60. The van der Waals surface area contributed by atoms with Crippen LogP contribution in [0.1, 0.15) is 18.4 Å². The Morgan fingerprint density at radius 1 is 1.17 bits per heavy atom. The van der Waals surface area contributed by atoms with E-state index in [1.54, 1.807) is 13.3 Å². The zero-order chi connectivity index (χ0) is 17.1. The average Bonchev–Trinajstić information content (AvgIpc) is 2.98. The van der Waals surface area contributed by atoms with Crippen molar-refractivity contribution in [2.75, 3.05) is 13.7 Å². The molecule has 0 unspecified atom stereocenters. The number of hydrogen-bond donors (Lipinski definition) is 2. The fourth-order valence-corrected chi connectivity index (χ4v) is 3.23. The van der Waals surface area contributed by atoms with Gasteiger partial charge in [-0.25, -0.2) is 4.98 Å². The summed E-state index contributed by atoms with van der Waals surface area (Å²) in [5.41, 5.74) is 9.71. The Balaban J connectivity index is 2.13. The molecule has 4 nitrogen and oxygen atoms in total. The van der Waals surface area contributed by atoms with Crippen molar-refractivity contribution in [1.82, 2.24) is 9.97 Å². The van der Waals surface area contributed by atoms with Crippen LogP contribution in [0.15, 0.2) is 30.5 Å². The van der Waals surface area contributed by atoms with Crippen LogP contribution < -0.4 is 10.5 Å². The molecule has 2 heterocycles. The van der Waals surface area contributed by atoms with Crippen LogP contribution in [-0.4, -0.2) is 23.6 Å². The van der Waals surface area contributed by atoms with E-state index in [-0.39, 0.29) is 0 Å². The molecule has 24 heavy (non-hydrogen) atoms. The summed E-state index contributed by atoms with van der Waals surface area (Å²) in [6, 6.07) is 7.68. The Morgan fingerprint density at radius 3 is 2.67 bits per heavy atom. The number of halogens is 2. The number of aryl methyl sites for hydroxylation is 1. The van der Waals surface area contributed by atoms with Gasteiger partial charge in [0.1, 0.15) is 0 Å². The molecule has 3 rings (SSSR count). The third-order valence-electron chi connectivity index (χ3n) is 4.09. The summed E-state index contributed by atoms with van der Waals surface area (Å²) < 4.78 is 5.13. The fraction of sp³-hybridized carbons (Fsp3) is 0.278. The first kappa shape index (κ1) is 17.1. The van der Waals surface area contributed by atoms with Gasteiger partial charge in [0.2, 0.25) is 5.88 Å². The number of hydrogen-bond acceptors (Lipinski definition) is 3. The van der Waals surface area contributed by atoms with E-state index in [0.717, 1.165) is 41.4 Å². The van der Waals surface area contributed by atoms with E-state index < -0.39 is 0 Å². The van der Waals surface area contributed by atoms with Crippen molar-refractivity contribution in [3.63, 3.8) is 0 Å². The van der Waals surface area contributed by atoms with Crippen molar-refractivity contribution in [3.05, 3.63) is 46.1 Å². The maximum Gasteiger partial charge on any atom is 0.212 e. The minimum atomic E-state index is 0.540. The quantitative estimate of drug-likeness (QED) is 0.616. The molecule has 2 aromatic heterocycles. The lowest BCUT2D eigenvalue weighted by molar-refractivity contribution is 0.398. The summed E-state index contributed by atoms with van der Waals surface area (Å²) in [5.74, 6) is 0.584. The third kappa shape index (κ3) is 3.22. The number of aromatic nitrogens is 2. The van der Waals surface area contributed by atoms with Gasteiger partial charge in [0.25, 0.3) is 0 Å². The predicted molar refractivity (Wildman–Crippen MR) is 100 cm³/mol. The second kappa shape index (κ2) is 7.43. The monoisotopic (exact) mass is 363 g/mol. The van der Waals surface area contributed by atoms with Gasteiger partial charge in [-0.3, -0.25) is 0 Å². The molecule has 1 aromatic carbocycles. The maximum absolute atomic E-state index is 6.39. The van der Waals surface area contributed by atoms with E-state index in [1.807, 2.05) is 24.3 Å². The summed E-state index contributed by atoms with van der Waals surface area (Å²) >= 11 is 12.6. The molecule has 6 heteroatoms. The number of nitrogens with zero attached hydrogens (tertiary/aromatic N) is 1. The lowest BCUT2D eigenvalue weighted by Gasteiger charge is -2.06. The van der Waals surface area contributed by atoms with Gasteiger partial charge in [0, 0.05) is 23.2 Å². The van der Waals surface area contributed by atoms with E-state index in [4.69, 9.17) is 33.7 Å². The molecule has 0 spiro atoms. The zero-order valence-electron chi connectivity index (χ0n) is 13.4. The number of benzene rings is 1. The fourth-order valence-electron chi connectivity index (χ4n) is 2.86. The van der Waals surface area contributed by atoms with Crippen molar-refractivity contribution < 1.29 is 4.74 Å². The van der Waals surface area contributed by atoms with Crippen LogP contribution in [0.5, 0.6) is 5.88 Å². The van der Waals surface area contributed by atoms with Crippen molar-refractivity contribution in [2.45, 2.75) is 19.3 Å². The Hall–Kier alpha value is -1.75. The normalized spacial score (nSPS) is 11.2. The molecule has 0 radical (unpaired) electrons. The second-order valence-electron chi connectivity index (χ2n) is 5.60. The number of fused-ring (bicyclic) bond motifs is 1. The molecule has 0 bridgehead atoms. The second-order valence-corrected chi connectivity index (χ2v) is 6.38. The molecule has 0 aliphatic carbocycles. The topological polar surface area (TPSA) is 63.9 Å². The first-order chi connectivity index (χ1) is 11.7. The first-order valence-corrected chi connectivity index (χ1v) is 8.60. The highest BCUT2D eigenvalue weighted by molar-refractivity contribution is 6.45. The summed E-state index contributed by atoms with van der Waals surface area (Å²) in [6.07, 6.45) is 4.70. The first-order valence-electron chi connectivity index (χ1n) is 7.84. The SMILES string of the molecule is COc1ccc(-c2[nH]c3c(Cl)c(Cl)ccc3c2CCCCN)cn1. The molecule has 0 aliphatic heterocycles. The van der Waals surface area contributed by atoms with E-state index in [1.165, 1.54) is 5.56 Å². The number of nitrogens with two attached hydrogens (primary N) is 1. The number of H-pyrrole nitrogens is 1. The van der Waals surface area contributed by atoms with Gasteiger partial charge in [-0.2, -0.15) is 0 Å². The number of rotatable bonds is 6. The number of pyridine rings is 1. The summed E-state index contributed by atoms with van der Waals surface area (Å²) in [5, 5.41) is 2.17. The Morgan fingerprint density at radius 2 is 2.00 bits per heavy atom. The van der Waals surface area contributed by atoms with E-state index in [0.29, 0.717) is 22.5 Å². The number of nitrogens with one attached hydrogen (secondary N) is 1. The summed E-state index contributed by atoms with van der Waals surface area (Å²) in [4.78, 5) is 7.73. The molecular weight excluding hydrogens is 345 g/mol. The highest BCUT2D eigenvalue weighted by Crippen LogP contribution is 2.37. The van der Waals surface area contributed by atoms with Gasteiger partial charge in [-0.1, -0.05) is 29.3 Å². The van der Waals surface area contributed by atoms with Crippen LogP contribution in [0.3, 0.4) is 0 Å². The van der Waals surface area contributed by atoms with Crippen molar-refractivity contribution in [2.24, 2.45) is 5.73 Å². The molecule has 3 N–H and O–H groups in total. The predicted octanol–water partition coefficient (Wildman–Crippen LogP) is 4.83. The van der Waals surface area contributed by atoms with E-state index in [2.05, 4.69) is 9.97 Å². The smallest absolute Gasteiger partial charge is 0.212 e. The molecule has 126 valence electrons. The van der Waals surface area contributed by atoms with Gasteiger partial charge in [-0.05, 0) is 43.5 Å². The molecule has 0 atom stereocenters. The van der Waals surface area contributed by atoms with Crippen molar-refractivity contribution >= 4 is 34.1 Å². The van der Waals surface area contributed by atoms with Crippen LogP contribution in [0, 0.1) is 0 Å².